The van der Waals surface area contributed by atoms with Crippen LogP contribution in [0, 0.1) is 0 Å². The number of halogens is 1. The highest BCUT2D eigenvalue weighted by molar-refractivity contribution is 6.32. The van der Waals surface area contributed by atoms with Gasteiger partial charge in [0.1, 0.15) is 0 Å². The number of para-hydroxylation sites is 2. The second kappa shape index (κ2) is 6.25. The van der Waals surface area contributed by atoms with Crippen LogP contribution in [-0.2, 0) is 13.0 Å². The first-order valence-electron chi connectivity index (χ1n) is 8.75. The second-order valence-corrected chi connectivity index (χ2v) is 6.98. The van der Waals surface area contributed by atoms with Gasteiger partial charge in [-0.25, -0.2) is 4.68 Å². The van der Waals surface area contributed by atoms with Gasteiger partial charge in [-0.3, -0.25) is 9.89 Å². The summed E-state index contributed by atoms with van der Waals surface area (Å²) in [7, 11) is 0. The number of rotatable bonds is 2. The van der Waals surface area contributed by atoms with Gasteiger partial charge >= 0.3 is 0 Å². The predicted molar refractivity (Wildman–Crippen MR) is 103 cm³/mol. The minimum atomic E-state index is -0.0661. The first-order valence-corrected chi connectivity index (χ1v) is 9.13. The summed E-state index contributed by atoms with van der Waals surface area (Å²) in [6, 6.07) is 15.3. The summed E-state index contributed by atoms with van der Waals surface area (Å²) in [4.78, 5) is 14.8. The molecule has 2 aromatic heterocycles. The third-order valence-electron chi connectivity index (χ3n) is 4.98. The summed E-state index contributed by atoms with van der Waals surface area (Å²) < 4.78 is 1.88. The van der Waals surface area contributed by atoms with Gasteiger partial charge in [-0.2, -0.15) is 10.2 Å². The van der Waals surface area contributed by atoms with E-state index >= 15 is 0 Å². The number of hydrogen-bond acceptors (Lipinski definition) is 3. The average Bonchev–Trinajstić information content (AvgIpc) is 3.31. The van der Waals surface area contributed by atoms with E-state index in [0.29, 0.717) is 30.2 Å². The molecule has 6 nitrogen and oxygen atoms in total. The summed E-state index contributed by atoms with van der Waals surface area (Å²) in [6.45, 7) is 1.13. The van der Waals surface area contributed by atoms with Gasteiger partial charge in [0, 0.05) is 30.5 Å². The third kappa shape index (κ3) is 2.61. The van der Waals surface area contributed by atoms with Crippen LogP contribution in [0.3, 0.4) is 0 Å². The minimum Gasteiger partial charge on any atom is -0.332 e. The molecule has 3 heterocycles. The molecule has 1 aliphatic heterocycles. The fraction of sp³-hybridized carbons (Fsp3) is 0.150. The molecule has 0 atom stereocenters. The molecule has 0 radical (unpaired) electrons. The molecule has 7 heteroatoms. The Morgan fingerprint density at radius 1 is 1.11 bits per heavy atom. The Labute approximate surface area is 160 Å². The van der Waals surface area contributed by atoms with Gasteiger partial charge in [0.05, 0.1) is 28.1 Å². The molecule has 0 unspecified atom stereocenters. The Morgan fingerprint density at radius 3 is 2.81 bits per heavy atom. The van der Waals surface area contributed by atoms with Crippen LogP contribution in [0.25, 0.3) is 16.6 Å². The first-order chi connectivity index (χ1) is 13.2. The van der Waals surface area contributed by atoms with Gasteiger partial charge in [-0.15, -0.1) is 0 Å². The van der Waals surface area contributed by atoms with E-state index in [2.05, 4.69) is 15.3 Å². The van der Waals surface area contributed by atoms with E-state index in [9.17, 15) is 4.79 Å². The van der Waals surface area contributed by atoms with E-state index in [1.807, 2.05) is 64.3 Å². The number of aromatic amines is 1. The highest BCUT2D eigenvalue weighted by Gasteiger charge is 2.27. The molecule has 2 aromatic carbocycles. The number of carbonyl (C=O) groups excluding carboxylic acids is 1. The second-order valence-electron chi connectivity index (χ2n) is 6.57. The van der Waals surface area contributed by atoms with Gasteiger partial charge in [-0.05, 0) is 18.2 Å². The molecule has 27 heavy (non-hydrogen) atoms. The normalized spacial score (nSPS) is 13.7. The van der Waals surface area contributed by atoms with Crippen molar-refractivity contribution in [3.05, 3.63) is 76.7 Å². The number of carbonyl (C=O) groups is 1. The average molecular weight is 378 g/mol. The Bertz CT molecular complexity index is 1160. The van der Waals surface area contributed by atoms with Crippen molar-refractivity contribution in [1.82, 2.24) is 24.9 Å². The van der Waals surface area contributed by atoms with Crippen molar-refractivity contribution < 1.29 is 4.79 Å². The van der Waals surface area contributed by atoms with Crippen molar-refractivity contribution in [2.24, 2.45) is 0 Å². The van der Waals surface area contributed by atoms with Crippen molar-refractivity contribution in [2.75, 3.05) is 6.54 Å². The Kier molecular flexibility index (Phi) is 3.72. The zero-order valence-electron chi connectivity index (χ0n) is 14.4. The summed E-state index contributed by atoms with van der Waals surface area (Å²) in [5.41, 5.74) is 4.32. The molecule has 0 fully saturated rings. The van der Waals surface area contributed by atoms with E-state index in [0.717, 1.165) is 27.8 Å². The Balaban J connectivity index is 1.45. The van der Waals surface area contributed by atoms with E-state index < -0.39 is 0 Å². The number of amides is 1. The van der Waals surface area contributed by atoms with Crippen LogP contribution in [0.4, 0.5) is 0 Å². The molecule has 0 aliphatic carbocycles. The largest absolute Gasteiger partial charge is 0.332 e. The van der Waals surface area contributed by atoms with Crippen LogP contribution in [-0.4, -0.2) is 37.3 Å². The molecule has 5 rings (SSSR count). The van der Waals surface area contributed by atoms with Crippen molar-refractivity contribution >= 4 is 28.4 Å². The zero-order valence-corrected chi connectivity index (χ0v) is 15.1. The van der Waals surface area contributed by atoms with Gasteiger partial charge < -0.3 is 4.90 Å². The molecule has 134 valence electrons. The molecule has 1 amide bonds. The maximum atomic E-state index is 13.0. The van der Waals surface area contributed by atoms with Crippen LogP contribution in [0.1, 0.15) is 21.7 Å². The standard InChI is InChI=1S/C20H16ClN5O/c21-15-6-2-4-8-18(15)26-17-9-10-25(12-13(17)11-22-26)20(27)19-14-5-1-3-7-16(14)23-24-19/h1-8,11H,9-10,12H2,(H,23,24). The fourth-order valence-electron chi connectivity index (χ4n) is 3.61. The molecular formula is C20H16ClN5O. The summed E-state index contributed by atoms with van der Waals surface area (Å²) in [5.74, 6) is -0.0661. The lowest BCUT2D eigenvalue weighted by Crippen LogP contribution is -2.36. The number of aromatic nitrogens is 4. The summed E-state index contributed by atoms with van der Waals surface area (Å²) in [6.07, 6.45) is 2.54. The van der Waals surface area contributed by atoms with Gasteiger partial charge in [0.15, 0.2) is 5.69 Å². The van der Waals surface area contributed by atoms with Crippen molar-refractivity contribution in [2.45, 2.75) is 13.0 Å². The third-order valence-corrected chi connectivity index (χ3v) is 5.30. The number of fused-ring (bicyclic) bond motifs is 2. The van der Waals surface area contributed by atoms with Crippen molar-refractivity contribution in [3.63, 3.8) is 0 Å². The molecule has 0 saturated carbocycles. The number of hydrogen-bond donors (Lipinski definition) is 1. The number of nitrogens with one attached hydrogen (secondary N) is 1. The number of H-pyrrole nitrogens is 1. The first kappa shape index (κ1) is 16.1. The summed E-state index contributed by atoms with van der Waals surface area (Å²) in [5, 5.41) is 13.2. The van der Waals surface area contributed by atoms with Crippen molar-refractivity contribution in [1.29, 1.82) is 0 Å². The molecule has 0 saturated heterocycles. The van der Waals surface area contributed by atoms with E-state index in [4.69, 9.17) is 11.6 Å². The van der Waals surface area contributed by atoms with Crippen LogP contribution < -0.4 is 0 Å². The van der Waals surface area contributed by atoms with Crippen LogP contribution in [0.5, 0.6) is 0 Å². The number of nitrogens with zero attached hydrogens (tertiary/aromatic N) is 4. The minimum absolute atomic E-state index is 0.0661. The monoisotopic (exact) mass is 377 g/mol. The maximum absolute atomic E-state index is 13.0. The quantitative estimate of drug-likeness (QED) is 0.580. The summed E-state index contributed by atoms with van der Waals surface area (Å²) >= 11 is 6.32. The topological polar surface area (TPSA) is 66.8 Å². The lowest BCUT2D eigenvalue weighted by atomic mass is 10.1. The number of benzene rings is 2. The van der Waals surface area contributed by atoms with E-state index in [-0.39, 0.29) is 5.91 Å². The zero-order chi connectivity index (χ0) is 18.4. The lowest BCUT2D eigenvalue weighted by molar-refractivity contribution is 0.0729. The van der Waals surface area contributed by atoms with Gasteiger partial charge in [-0.1, -0.05) is 41.9 Å². The fourth-order valence-corrected chi connectivity index (χ4v) is 3.83. The van der Waals surface area contributed by atoms with Gasteiger partial charge in [0.25, 0.3) is 5.91 Å². The van der Waals surface area contributed by atoms with Crippen LogP contribution in [0.2, 0.25) is 5.02 Å². The van der Waals surface area contributed by atoms with Crippen LogP contribution >= 0.6 is 11.6 Å². The van der Waals surface area contributed by atoms with Gasteiger partial charge in [0.2, 0.25) is 0 Å². The predicted octanol–water partition coefficient (Wildman–Crippen LogP) is 3.60. The smallest absolute Gasteiger partial charge is 0.275 e. The maximum Gasteiger partial charge on any atom is 0.275 e. The molecule has 0 bridgehead atoms. The SMILES string of the molecule is O=C(c1n[nH]c2ccccc12)N1CCc2c(cnn2-c2ccccc2Cl)C1. The highest BCUT2D eigenvalue weighted by atomic mass is 35.5. The van der Waals surface area contributed by atoms with E-state index in [1.54, 1.807) is 0 Å². The Morgan fingerprint density at radius 2 is 1.93 bits per heavy atom. The van der Waals surface area contributed by atoms with Crippen molar-refractivity contribution in [3.8, 4) is 5.69 Å². The molecule has 0 spiro atoms. The molecule has 1 N–H and O–H groups in total. The highest BCUT2D eigenvalue weighted by Crippen LogP contribution is 2.27. The molecular weight excluding hydrogens is 362 g/mol. The lowest BCUT2D eigenvalue weighted by Gasteiger charge is -2.27. The van der Waals surface area contributed by atoms with E-state index in [1.165, 1.54) is 0 Å². The molecule has 4 aromatic rings. The molecule has 1 aliphatic rings. The van der Waals surface area contributed by atoms with Crippen LogP contribution in [0.15, 0.2) is 54.7 Å². The Hall–Kier alpha value is -3.12.